The summed E-state index contributed by atoms with van der Waals surface area (Å²) in [5.41, 5.74) is 0.676. The number of rotatable bonds is 3. The van der Waals surface area contributed by atoms with E-state index < -0.39 is 0 Å². The number of hydrogen-bond donors (Lipinski definition) is 0. The monoisotopic (exact) mass is 303 g/mol. The molecule has 0 N–H and O–H groups in total. The third kappa shape index (κ3) is 2.45. The van der Waals surface area contributed by atoms with E-state index in [2.05, 4.69) is 13.8 Å². The fourth-order valence-corrected chi connectivity index (χ4v) is 4.12. The highest BCUT2D eigenvalue weighted by Crippen LogP contribution is 2.54. The molecule has 1 aliphatic carbocycles. The molecular weight excluding hydrogens is 281 g/mol. The molecule has 0 radical (unpaired) electrons. The molecule has 2 aliphatic rings. The van der Waals surface area contributed by atoms with Crippen LogP contribution in [0.4, 0.5) is 4.39 Å². The van der Waals surface area contributed by atoms with Crippen LogP contribution in [0.1, 0.15) is 25.8 Å². The van der Waals surface area contributed by atoms with E-state index in [-0.39, 0.29) is 29.3 Å². The Morgan fingerprint density at radius 1 is 1.45 bits per heavy atom. The highest BCUT2D eigenvalue weighted by molar-refractivity contribution is 5.92. The molecule has 0 unspecified atom stereocenters. The summed E-state index contributed by atoms with van der Waals surface area (Å²) in [6, 6.07) is 6.42. The van der Waals surface area contributed by atoms with Gasteiger partial charge in [-0.25, -0.2) is 4.39 Å². The maximum Gasteiger partial charge on any atom is 0.246 e. The molecule has 3 atom stereocenters. The molecule has 22 heavy (non-hydrogen) atoms. The van der Waals surface area contributed by atoms with Crippen LogP contribution in [0.15, 0.2) is 30.3 Å². The van der Waals surface area contributed by atoms with E-state index in [4.69, 9.17) is 4.74 Å². The van der Waals surface area contributed by atoms with Crippen molar-refractivity contribution < 1.29 is 13.9 Å². The van der Waals surface area contributed by atoms with Crippen molar-refractivity contribution in [1.82, 2.24) is 4.90 Å². The first-order valence-corrected chi connectivity index (χ1v) is 7.73. The molecule has 4 heteroatoms. The zero-order valence-electron chi connectivity index (χ0n) is 13.3. The van der Waals surface area contributed by atoms with E-state index in [0.29, 0.717) is 11.5 Å². The first-order chi connectivity index (χ1) is 10.4. The minimum absolute atomic E-state index is 0.0156. The summed E-state index contributed by atoms with van der Waals surface area (Å²) in [4.78, 5) is 14.2. The molecule has 1 amide bonds. The first kappa shape index (κ1) is 15.2. The number of carbonyl (C=O) groups is 1. The van der Waals surface area contributed by atoms with Gasteiger partial charge in [-0.05, 0) is 30.2 Å². The molecule has 1 aliphatic heterocycles. The Morgan fingerprint density at radius 3 is 2.95 bits per heavy atom. The number of halogens is 1. The van der Waals surface area contributed by atoms with Gasteiger partial charge in [0.25, 0.3) is 0 Å². The van der Waals surface area contributed by atoms with Gasteiger partial charge in [0, 0.05) is 37.1 Å². The number of nitrogens with zero attached hydrogens (tertiary/aromatic N) is 1. The van der Waals surface area contributed by atoms with Crippen molar-refractivity contribution in [3.8, 4) is 0 Å². The second-order valence-electron chi connectivity index (χ2n) is 6.85. The SMILES string of the molecule is CN(C(=O)/C=C/c1cccc(F)c1)[C@@H]1[C@H]2CCO[C@@H]2C1(C)C. The number of amides is 1. The molecule has 1 heterocycles. The molecule has 3 rings (SSSR count). The van der Waals surface area contributed by atoms with Crippen LogP contribution in [-0.2, 0) is 9.53 Å². The van der Waals surface area contributed by atoms with Crippen LogP contribution in [-0.4, -0.2) is 36.6 Å². The smallest absolute Gasteiger partial charge is 0.246 e. The lowest BCUT2D eigenvalue weighted by molar-refractivity contribution is -0.163. The highest BCUT2D eigenvalue weighted by Gasteiger charge is 2.61. The predicted octanol–water partition coefficient (Wildman–Crippen LogP) is 3.11. The Bertz CT molecular complexity index is 611. The molecule has 2 fully saturated rings. The van der Waals surface area contributed by atoms with Gasteiger partial charge < -0.3 is 9.64 Å². The van der Waals surface area contributed by atoms with E-state index in [1.807, 2.05) is 11.9 Å². The minimum Gasteiger partial charge on any atom is -0.377 e. The van der Waals surface area contributed by atoms with Gasteiger partial charge in [-0.2, -0.15) is 0 Å². The quantitative estimate of drug-likeness (QED) is 0.803. The van der Waals surface area contributed by atoms with Crippen LogP contribution in [0.5, 0.6) is 0 Å². The van der Waals surface area contributed by atoms with E-state index in [9.17, 15) is 9.18 Å². The summed E-state index contributed by atoms with van der Waals surface area (Å²) >= 11 is 0. The summed E-state index contributed by atoms with van der Waals surface area (Å²) in [5.74, 6) is 0.0910. The Morgan fingerprint density at radius 2 is 2.23 bits per heavy atom. The fourth-order valence-electron chi connectivity index (χ4n) is 4.12. The van der Waals surface area contributed by atoms with Gasteiger partial charge >= 0.3 is 0 Å². The molecule has 1 aromatic carbocycles. The largest absolute Gasteiger partial charge is 0.377 e. The lowest BCUT2D eigenvalue weighted by atomic mass is 9.57. The van der Waals surface area contributed by atoms with E-state index >= 15 is 0 Å². The molecule has 1 aromatic rings. The second-order valence-corrected chi connectivity index (χ2v) is 6.85. The standard InChI is InChI=1S/C18H22FNO2/c1-18(2)16(14-9-10-22-17(14)18)20(3)15(21)8-7-12-5-4-6-13(19)11-12/h4-8,11,14,16-17H,9-10H2,1-3H3/b8-7+/t14-,16-,17+/m1/s1. The number of benzene rings is 1. The summed E-state index contributed by atoms with van der Waals surface area (Å²) < 4.78 is 18.9. The van der Waals surface area contributed by atoms with Crippen LogP contribution >= 0.6 is 0 Å². The Balaban J connectivity index is 1.70. The minimum atomic E-state index is -0.297. The Hall–Kier alpha value is -1.68. The maximum absolute atomic E-state index is 13.1. The molecule has 0 bridgehead atoms. The van der Waals surface area contributed by atoms with Crippen molar-refractivity contribution in [3.63, 3.8) is 0 Å². The van der Waals surface area contributed by atoms with Crippen LogP contribution in [0.25, 0.3) is 6.08 Å². The van der Waals surface area contributed by atoms with Crippen LogP contribution in [0, 0.1) is 17.2 Å². The van der Waals surface area contributed by atoms with Gasteiger partial charge in [0.05, 0.1) is 6.10 Å². The van der Waals surface area contributed by atoms with Crippen LogP contribution in [0.2, 0.25) is 0 Å². The maximum atomic E-state index is 13.1. The molecule has 1 saturated carbocycles. The summed E-state index contributed by atoms with van der Waals surface area (Å²) in [6.45, 7) is 5.10. The van der Waals surface area contributed by atoms with Crippen LogP contribution < -0.4 is 0 Å². The van der Waals surface area contributed by atoms with E-state index in [1.54, 1.807) is 18.2 Å². The van der Waals surface area contributed by atoms with Crippen molar-refractivity contribution >= 4 is 12.0 Å². The molecule has 3 nitrogen and oxygen atoms in total. The van der Waals surface area contributed by atoms with Gasteiger partial charge in [-0.15, -0.1) is 0 Å². The number of carbonyl (C=O) groups excluding carboxylic acids is 1. The fraction of sp³-hybridized carbons (Fsp3) is 0.500. The lowest BCUT2D eigenvalue weighted by Gasteiger charge is -2.57. The van der Waals surface area contributed by atoms with Crippen molar-refractivity contribution in [2.75, 3.05) is 13.7 Å². The van der Waals surface area contributed by atoms with E-state index in [1.165, 1.54) is 18.2 Å². The van der Waals surface area contributed by atoms with Crippen LogP contribution in [0.3, 0.4) is 0 Å². The number of fused-ring (bicyclic) bond motifs is 1. The topological polar surface area (TPSA) is 29.5 Å². The van der Waals surface area contributed by atoms with Gasteiger partial charge in [-0.1, -0.05) is 26.0 Å². The zero-order chi connectivity index (χ0) is 15.9. The average molecular weight is 303 g/mol. The summed E-state index contributed by atoms with van der Waals surface area (Å²) in [6.07, 6.45) is 4.47. The first-order valence-electron chi connectivity index (χ1n) is 7.73. The Kier molecular flexibility index (Phi) is 3.81. The average Bonchev–Trinajstić information content (AvgIpc) is 2.91. The zero-order valence-corrected chi connectivity index (χ0v) is 13.3. The third-order valence-electron chi connectivity index (χ3n) is 5.07. The van der Waals surface area contributed by atoms with Gasteiger partial charge in [0.2, 0.25) is 5.91 Å². The summed E-state index contributed by atoms with van der Waals surface area (Å²) in [5, 5.41) is 0. The molecule has 1 saturated heterocycles. The van der Waals surface area contributed by atoms with Crippen molar-refractivity contribution in [3.05, 3.63) is 41.7 Å². The second kappa shape index (κ2) is 5.51. The molecule has 118 valence electrons. The number of ether oxygens (including phenoxy) is 1. The summed E-state index contributed by atoms with van der Waals surface area (Å²) in [7, 11) is 1.85. The van der Waals surface area contributed by atoms with Gasteiger partial charge in [0.15, 0.2) is 0 Å². The lowest BCUT2D eigenvalue weighted by Crippen LogP contribution is -2.66. The third-order valence-corrected chi connectivity index (χ3v) is 5.07. The number of hydrogen-bond acceptors (Lipinski definition) is 2. The van der Waals surface area contributed by atoms with Gasteiger partial charge in [0.1, 0.15) is 5.82 Å². The van der Waals surface area contributed by atoms with Crippen molar-refractivity contribution in [2.24, 2.45) is 11.3 Å². The predicted molar refractivity (Wildman–Crippen MR) is 83.6 cm³/mol. The Labute approximate surface area is 130 Å². The molecular formula is C18H22FNO2. The van der Waals surface area contributed by atoms with Crippen molar-refractivity contribution in [2.45, 2.75) is 32.4 Å². The van der Waals surface area contributed by atoms with E-state index in [0.717, 1.165) is 13.0 Å². The number of likely N-dealkylation sites (N-methyl/N-ethyl adjacent to an activating group) is 1. The molecule has 0 spiro atoms. The normalized spacial score (nSPS) is 29.2. The molecule has 0 aromatic heterocycles. The highest BCUT2D eigenvalue weighted by atomic mass is 19.1. The van der Waals surface area contributed by atoms with Gasteiger partial charge in [-0.3, -0.25) is 4.79 Å². The van der Waals surface area contributed by atoms with Crippen molar-refractivity contribution in [1.29, 1.82) is 0 Å².